The van der Waals surface area contributed by atoms with Crippen molar-refractivity contribution in [3.05, 3.63) is 12.2 Å². The van der Waals surface area contributed by atoms with E-state index in [-0.39, 0.29) is 5.75 Å². The molecule has 1 heterocycles. The normalized spacial score (nSPS) is 11.9. The van der Waals surface area contributed by atoms with E-state index in [1.54, 1.807) is 6.33 Å². The zero-order valence-corrected chi connectivity index (χ0v) is 11.2. The molecule has 1 aromatic rings. The number of aryl methyl sites for hydroxylation is 1. The van der Waals surface area contributed by atoms with Crippen LogP contribution in [0.15, 0.2) is 6.33 Å². The molecule has 0 atom stereocenters. The third-order valence-electron chi connectivity index (χ3n) is 2.28. The van der Waals surface area contributed by atoms with Gasteiger partial charge in [0.1, 0.15) is 22.0 Å². The van der Waals surface area contributed by atoms with E-state index in [0.29, 0.717) is 19.5 Å². The van der Waals surface area contributed by atoms with E-state index in [0.717, 1.165) is 18.8 Å². The second kappa shape index (κ2) is 6.70. The van der Waals surface area contributed by atoms with E-state index in [4.69, 9.17) is 0 Å². The number of sulfone groups is 1. The molecule has 17 heavy (non-hydrogen) atoms. The lowest BCUT2D eigenvalue weighted by molar-refractivity contribution is 0.540. The Hall–Kier alpha value is -0.950. The van der Waals surface area contributed by atoms with Crippen molar-refractivity contribution in [2.75, 3.05) is 18.6 Å². The number of aromatic nitrogens is 3. The van der Waals surface area contributed by atoms with E-state index >= 15 is 0 Å². The van der Waals surface area contributed by atoms with E-state index in [9.17, 15) is 8.42 Å². The summed E-state index contributed by atoms with van der Waals surface area (Å²) in [5.74, 6) is 1.12. The average molecular weight is 260 g/mol. The fourth-order valence-electron chi connectivity index (χ4n) is 1.48. The first kappa shape index (κ1) is 14.1. The maximum absolute atomic E-state index is 10.9. The second-order valence-electron chi connectivity index (χ2n) is 4.06. The molecule has 98 valence electrons. The lowest BCUT2D eigenvalue weighted by Gasteiger charge is -2.05. The zero-order chi connectivity index (χ0) is 12.7. The van der Waals surface area contributed by atoms with Gasteiger partial charge in [-0.3, -0.25) is 0 Å². The van der Waals surface area contributed by atoms with Gasteiger partial charge in [0.15, 0.2) is 0 Å². The molecule has 0 aliphatic carbocycles. The van der Waals surface area contributed by atoms with Crippen LogP contribution in [0.2, 0.25) is 0 Å². The lowest BCUT2D eigenvalue weighted by atomic mass is 10.4. The molecule has 0 saturated carbocycles. The lowest BCUT2D eigenvalue weighted by Crippen LogP contribution is -2.20. The molecule has 0 radical (unpaired) electrons. The molecule has 0 aliphatic rings. The van der Waals surface area contributed by atoms with Crippen LogP contribution in [-0.2, 0) is 22.9 Å². The van der Waals surface area contributed by atoms with Gasteiger partial charge in [0, 0.05) is 12.8 Å². The van der Waals surface area contributed by atoms with Crippen LogP contribution in [0, 0.1) is 0 Å². The summed E-state index contributed by atoms with van der Waals surface area (Å²) in [6.07, 6.45) is 4.44. The van der Waals surface area contributed by atoms with Crippen molar-refractivity contribution < 1.29 is 8.42 Å². The summed E-state index contributed by atoms with van der Waals surface area (Å²) < 4.78 is 23.7. The number of rotatable bonds is 8. The van der Waals surface area contributed by atoms with E-state index < -0.39 is 9.84 Å². The Bertz CT molecular complexity index is 427. The second-order valence-corrected chi connectivity index (χ2v) is 6.32. The Labute approximate surface area is 102 Å². The summed E-state index contributed by atoms with van der Waals surface area (Å²) in [4.78, 5) is 4.15. The molecule has 0 amide bonds. The van der Waals surface area contributed by atoms with Crippen LogP contribution in [0.5, 0.6) is 0 Å². The Kier molecular flexibility index (Phi) is 5.57. The van der Waals surface area contributed by atoms with Crippen LogP contribution >= 0.6 is 0 Å². The van der Waals surface area contributed by atoms with Gasteiger partial charge in [-0.15, -0.1) is 0 Å². The standard InChI is InChI=1S/C10H20N4O2S/c1-3-6-14-10(12-9-13-14)8-11-5-4-7-17(2,15)16/h9,11H,3-8H2,1-2H3. The minimum Gasteiger partial charge on any atom is -0.310 e. The van der Waals surface area contributed by atoms with Crippen LogP contribution in [-0.4, -0.2) is 41.7 Å². The quantitative estimate of drug-likeness (QED) is 0.676. The maximum atomic E-state index is 10.9. The van der Waals surface area contributed by atoms with Crippen molar-refractivity contribution >= 4 is 9.84 Å². The third-order valence-corrected chi connectivity index (χ3v) is 3.31. The predicted molar refractivity (Wildman–Crippen MR) is 66.3 cm³/mol. The highest BCUT2D eigenvalue weighted by Crippen LogP contribution is 1.95. The van der Waals surface area contributed by atoms with Gasteiger partial charge < -0.3 is 5.32 Å². The summed E-state index contributed by atoms with van der Waals surface area (Å²) in [5, 5.41) is 7.29. The number of hydrogen-bond acceptors (Lipinski definition) is 5. The van der Waals surface area contributed by atoms with Gasteiger partial charge in [-0.05, 0) is 19.4 Å². The highest BCUT2D eigenvalue weighted by Gasteiger charge is 2.04. The van der Waals surface area contributed by atoms with Crippen LogP contribution in [0.3, 0.4) is 0 Å². The van der Waals surface area contributed by atoms with Gasteiger partial charge in [0.25, 0.3) is 0 Å². The first-order chi connectivity index (χ1) is 8.03. The van der Waals surface area contributed by atoms with Gasteiger partial charge in [0.05, 0.1) is 12.3 Å². The van der Waals surface area contributed by atoms with Crippen molar-refractivity contribution in [2.45, 2.75) is 32.9 Å². The van der Waals surface area contributed by atoms with Crippen molar-refractivity contribution in [3.63, 3.8) is 0 Å². The van der Waals surface area contributed by atoms with E-state index in [1.165, 1.54) is 6.26 Å². The Morgan fingerprint density at radius 1 is 1.47 bits per heavy atom. The van der Waals surface area contributed by atoms with Gasteiger partial charge in [-0.2, -0.15) is 5.10 Å². The number of nitrogens with zero attached hydrogens (tertiary/aromatic N) is 3. The van der Waals surface area contributed by atoms with Crippen molar-refractivity contribution in [1.29, 1.82) is 0 Å². The summed E-state index contributed by atoms with van der Waals surface area (Å²) >= 11 is 0. The number of hydrogen-bond donors (Lipinski definition) is 1. The first-order valence-electron chi connectivity index (χ1n) is 5.78. The Balaban J connectivity index is 2.24. The fourth-order valence-corrected chi connectivity index (χ4v) is 2.15. The smallest absolute Gasteiger partial charge is 0.147 e. The SMILES string of the molecule is CCCn1ncnc1CNCCCS(C)(=O)=O. The summed E-state index contributed by atoms with van der Waals surface area (Å²) in [7, 11) is -2.85. The largest absolute Gasteiger partial charge is 0.310 e. The molecule has 0 unspecified atom stereocenters. The first-order valence-corrected chi connectivity index (χ1v) is 7.84. The molecule has 7 heteroatoms. The molecule has 1 N–H and O–H groups in total. The fraction of sp³-hybridized carbons (Fsp3) is 0.800. The molecule has 0 aliphatic heterocycles. The van der Waals surface area contributed by atoms with Gasteiger partial charge in [-0.1, -0.05) is 6.92 Å². The molecule has 1 aromatic heterocycles. The maximum Gasteiger partial charge on any atom is 0.147 e. The van der Waals surface area contributed by atoms with Gasteiger partial charge >= 0.3 is 0 Å². The minimum absolute atomic E-state index is 0.224. The van der Waals surface area contributed by atoms with E-state index in [2.05, 4.69) is 22.3 Å². The topological polar surface area (TPSA) is 76.9 Å². The highest BCUT2D eigenvalue weighted by molar-refractivity contribution is 7.90. The molecule has 0 bridgehead atoms. The summed E-state index contributed by atoms with van der Waals surface area (Å²) in [5.41, 5.74) is 0. The molecule has 0 saturated heterocycles. The van der Waals surface area contributed by atoms with Crippen LogP contribution in [0.4, 0.5) is 0 Å². The molecular weight excluding hydrogens is 240 g/mol. The third kappa shape index (κ3) is 5.78. The average Bonchev–Trinajstić information content (AvgIpc) is 2.64. The molecule has 0 fully saturated rings. The number of nitrogens with one attached hydrogen (secondary N) is 1. The molecule has 0 spiro atoms. The zero-order valence-electron chi connectivity index (χ0n) is 10.4. The van der Waals surface area contributed by atoms with Crippen LogP contribution in [0.25, 0.3) is 0 Å². The monoisotopic (exact) mass is 260 g/mol. The van der Waals surface area contributed by atoms with Gasteiger partial charge in [-0.25, -0.2) is 18.1 Å². The molecule has 1 rings (SSSR count). The van der Waals surface area contributed by atoms with Gasteiger partial charge in [0.2, 0.25) is 0 Å². The summed E-state index contributed by atoms with van der Waals surface area (Å²) in [6.45, 7) is 4.25. The van der Waals surface area contributed by atoms with Crippen molar-refractivity contribution in [3.8, 4) is 0 Å². The van der Waals surface area contributed by atoms with Crippen LogP contribution in [0.1, 0.15) is 25.6 Å². The Morgan fingerprint density at radius 3 is 2.88 bits per heavy atom. The van der Waals surface area contributed by atoms with Crippen LogP contribution < -0.4 is 5.32 Å². The van der Waals surface area contributed by atoms with Crippen molar-refractivity contribution in [2.24, 2.45) is 0 Å². The van der Waals surface area contributed by atoms with Crippen molar-refractivity contribution in [1.82, 2.24) is 20.1 Å². The predicted octanol–water partition coefficient (Wildman–Crippen LogP) is 0.212. The van der Waals surface area contributed by atoms with E-state index in [1.807, 2.05) is 4.68 Å². The highest BCUT2D eigenvalue weighted by atomic mass is 32.2. The Morgan fingerprint density at radius 2 is 2.24 bits per heavy atom. The molecule has 6 nitrogen and oxygen atoms in total. The minimum atomic E-state index is -2.85. The molecule has 0 aromatic carbocycles. The molecular formula is C10H20N4O2S. The summed E-state index contributed by atoms with van der Waals surface area (Å²) in [6, 6.07) is 0.